The number of aromatic nitrogens is 2. The Balaban J connectivity index is 1.68. The third kappa shape index (κ3) is 3.17. The molecule has 2 unspecified atom stereocenters. The minimum atomic E-state index is -4.44. The molecule has 3 rings (SSSR count). The first-order valence-corrected chi connectivity index (χ1v) is 7.43. The summed E-state index contributed by atoms with van der Waals surface area (Å²) in [5, 5.41) is 7.06. The Morgan fingerprint density at radius 1 is 1.14 bits per heavy atom. The number of halogens is 3. The number of nitrogens with zero attached hydrogens (tertiary/aromatic N) is 4. The van der Waals surface area contributed by atoms with Gasteiger partial charge in [0.15, 0.2) is 11.5 Å². The maximum atomic E-state index is 12.5. The summed E-state index contributed by atoms with van der Waals surface area (Å²) >= 11 is 0. The average Bonchev–Trinajstić information content (AvgIpc) is 2.89. The molecule has 0 bridgehead atoms. The highest BCUT2D eigenvalue weighted by Crippen LogP contribution is 2.29. The van der Waals surface area contributed by atoms with Crippen LogP contribution < -0.4 is 4.90 Å². The van der Waals surface area contributed by atoms with Crippen LogP contribution in [0.4, 0.5) is 19.0 Å². The summed E-state index contributed by atoms with van der Waals surface area (Å²) in [7, 11) is 0. The Labute approximate surface area is 127 Å². The normalized spacial score (nSPS) is 27.4. The van der Waals surface area contributed by atoms with Crippen LogP contribution in [-0.2, 0) is 10.9 Å². The van der Waals surface area contributed by atoms with Gasteiger partial charge in [-0.2, -0.15) is 13.2 Å². The molecule has 0 amide bonds. The topological polar surface area (TPSA) is 41.5 Å². The molecule has 0 radical (unpaired) electrons. The maximum Gasteiger partial charge on any atom is 0.435 e. The van der Waals surface area contributed by atoms with E-state index < -0.39 is 11.9 Å². The Hall–Kier alpha value is -1.41. The van der Waals surface area contributed by atoms with Gasteiger partial charge in [-0.05, 0) is 18.1 Å². The van der Waals surface area contributed by atoms with Gasteiger partial charge in [0, 0.05) is 32.2 Å². The molecule has 2 aliphatic heterocycles. The Morgan fingerprint density at radius 2 is 1.86 bits per heavy atom. The first-order chi connectivity index (χ1) is 10.4. The number of hydrogen-bond donors (Lipinski definition) is 0. The van der Waals surface area contributed by atoms with Crippen molar-refractivity contribution in [2.45, 2.75) is 19.1 Å². The van der Waals surface area contributed by atoms with Gasteiger partial charge in [-0.1, -0.05) is 6.92 Å². The molecular formula is C14H19F3N4O. The largest absolute Gasteiger partial charge is 0.435 e. The quantitative estimate of drug-likeness (QED) is 0.830. The minimum Gasteiger partial charge on any atom is -0.379 e. The van der Waals surface area contributed by atoms with Crippen LogP contribution in [0.15, 0.2) is 12.1 Å². The molecule has 2 saturated heterocycles. The third-order valence-corrected chi connectivity index (χ3v) is 4.35. The van der Waals surface area contributed by atoms with Crippen molar-refractivity contribution in [2.24, 2.45) is 5.92 Å². The smallest absolute Gasteiger partial charge is 0.379 e. The van der Waals surface area contributed by atoms with Crippen molar-refractivity contribution in [1.29, 1.82) is 0 Å². The fourth-order valence-electron chi connectivity index (χ4n) is 3.17. The van der Waals surface area contributed by atoms with Crippen molar-refractivity contribution >= 4 is 5.82 Å². The Kier molecular flexibility index (Phi) is 4.22. The van der Waals surface area contributed by atoms with Gasteiger partial charge >= 0.3 is 6.18 Å². The summed E-state index contributed by atoms with van der Waals surface area (Å²) in [4.78, 5) is 4.41. The van der Waals surface area contributed by atoms with Crippen molar-refractivity contribution in [3.8, 4) is 0 Å². The molecular weight excluding hydrogens is 297 g/mol. The van der Waals surface area contributed by atoms with E-state index in [2.05, 4.69) is 22.0 Å². The van der Waals surface area contributed by atoms with Gasteiger partial charge in [-0.15, -0.1) is 10.2 Å². The van der Waals surface area contributed by atoms with Crippen LogP contribution in [0.1, 0.15) is 12.6 Å². The number of anilines is 1. The molecule has 5 nitrogen and oxygen atoms in total. The van der Waals surface area contributed by atoms with E-state index in [4.69, 9.17) is 4.74 Å². The van der Waals surface area contributed by atoms with E-state index in [1.165, 1.54) is 6.07 Å². The second-order valence-electron chi connectivity index (χ2n) is 5.87. The lowest BCUT2D eigenvalue weighted by atomic mass is 10.0. The van der Waals surface area contributed by atoms with Crippen molar-refractivity contribution in [3.63, 3.8) is 0 Å². The highest BCUT2D eigenvalue weighted by Gasteiger charge is 2.36. The molecule has 0 saturated carbocycles. The van der Waals surface area contributed by atoms with Gasteiger partial charge < -0.3 is 9.64 Å². The van der Waals surface area contributed by atoms with E-state index in [-0.39, 0.29) is 0 Å². The number of hydrogen-bond acceptors (Lipinski definition) is 5. The van der Waals surface area contributed by atoms with Gasteiger partial charge in [0.1, 0.15) is 0 Å². The number of ether oxygens (including phenoxy) is 1. The van der Waals surface area contributed by atoms with Crippen LogP contribution in [0.5, 0.6) is 0 Å². The molecule has 1 aromatic heterocycles. The summed E-state index contributed by atoms with van der Waals surface area (Å²) in [6, 6.07) is 2.78. The molecule has 0 aliphatic carbocycles. The lowest BCUT2D eigenvalue weighted by molar-refractivity contribution is -0.141. The van der Waals surface area contributed by atoms with Gasteiger partial charge in [-0.25, -0.2) is 0 Å². The van der Waals surface area contributed by atoms with Crippen LogP contribution in [-0.4, -0.2) is 60.5 Å². The Morgan fingerprint density at radius 3 is 2.45 bits per heavy atom. The molecule has 3 heterocycles. The second-order valence-corrected chi connectivity index (χ2v) is 5.87. The van der Waals surface area contributed by atoms with E-state index in [0.29, 0.717) is 17.8 Å². The molecule has 2 fully saturated rings. The number of morpholine rings is 1. The highest BCUT2D eigenvalue weighted by molar-refractivity contribution is 5.40. The van der Waals surface area contributed by atoms with E-state index >= 15 is 0 Å². The second kappa shape index (κ2) is 6.00. The summed E-state index contributed by atoms with van der Waals surface area (Å²) < 4.78 is 43.0. The Bertz CT molecular complexity index is 502. The summed E-state index contributed by atoms with van der Waals surface area (Å²) in [5.74, 6) is 0.942. The average molecular weight is 316 g/mol. The zero-order chi connectivity index (χ0) is 15.7. The van der Waals surface area contributed by atoms with Gasteiger partial charge in [0.2, 0.25) is 0 Å². The molecule has 122 valence electrons. The minimum absolute atomic E-state index is 0.382. The standard InChI is InChI=1S/C14H19F3N4O/c1-10-8-21(9-11(10)20-4-6-22-7-5-20)13-3-2-12(18-19-13)14(15,16)17/h2-3,10-11H,4-9H2,1H3. The summed E-state index contributed by atoms with van der Waals surface area (Å²) in [6.45, 7) is 7.00. The van der Waals surface area contributed by atoms with Gasteiger partial charge in [0.25, 0.3) is 0 Å². The fourth-order valence-corrected chi connectivity index (χ4v) is 3.17. The van der Waals surface area contributed by atoms with Gasteiger partial charge in [-0.3, -0.25) is 4.90 Å². The molecule has 0 aromatic carbocycles. The molecule has 1 aromatic rings. The predicted octanol–water partition coefficient (Wildman–Crippen LogP) is 1.65. The summed E-state index contributed by atoms with van der Waals surface area (Å²) in [5.41, 5.74) is -0.951. The first kappa shape index (κ1) is 15.5. The lowest BCUT2D eigenvalue weighted by Gasteiger charge is -2.34. The van der Waals surface area contributed by atoms with Crippen LogP contribution in [0.3, 0.4) is 0 Å². The van der Waals surface area contributed by atoms with E-state index in [9.17, 15) is 13.2 Å². The van der Waals surface area contributed by atoms with E-state index in [1.54, 1.807) is 0 Å². The SMILES string of the molecule is CC1CN(c2ccc(C(F)(F)F)nn2)CC1N1CCOCC1. The fraction of sp³-hybridized carbons (Fsp3) is 0.714. The van der Waals surface area contributed by atoms with E-state index in [0.717, 1.165) is 45.5 Å². The molecule has 22 heavy (non-hydrogen) atoms. The monoisotopic (exact) mass is 316 g/mol. The van der Waals surface area contributed by atoms with Crippen molar-refractivity contribution in [3.05, 3.63) is 17.8 Å². The van der Waals surface area contributed by atoms with Crippen LogP contribution in [0.25, 0.3) is 0 Å². The highest BCUT2D eigenvalue weighted by atomic mass is 19.4. The predicted molar refractivity (Wildman–Crippen MR) is 74.6 cm³/mol. The molecule has 8 heteroatoms. The maximum absolute atomic E-state index is 12.5. The van der Waals surface area contributed by atoms with Gasteiger partial charge in [0.05, 0.1) is 13.2 Å². The van der Waals surface area contributed by atoms with Crippen LogP contribution >= 0.6 is 0 Å². The number of alkyl halides is 3. The zero-order valence-electron chi connectivity index (χ0n) is 12.4. The van der Waals surface area contributed by atoms with E-state index in [1.807, 2.05) is 4.90 Å². The third-order valence-electron chi connectivity index (χ3n) is 4.35. The molecule has 0 spiro atoms. The summed E-state index contributed by atoms with van der Waals surface area (Å²) in [6.07, 6.45) is -4.44. The van der Waals surface area contributed by atoms with Crippen molar-refractivity contribution in [2.75, 3.05) is 44.3 Å². The first-order valence-electron chi connectivity index (χ1n) is 7.43. The molecule has 2 aliphatic rings. The zero-order valence-corrected chi connectivity index (χ0v) is 12.4. The van der Waals surface area contributed by atoms with Crippen molar-refractivity contribution < 1.29 is 17.9 Å². The molecule has 0 N–H and O–H groups in total. The van der Waals surface area contributed by atoms with Crippen LogP contribution in [0.2, 0.25) is 0 Å². The van der Waals surface area contributed by atoms with Crippen molar-refractivity contribution in [1.82, 2.24) is 15.1 Å². The number of rotatable bonds is 2. The molecule has 2 atom stereocenters. The van der Waals surface area contributed by atoms with Crippen LogP contribution in [0, 0.1) is 5.92 Å². The lowest BCUT2D eigenvalue weighted by Crippen LogP contribution is -2.46.